The van der Waals surface area contributed by atoms with Gasteiger partial charge in [0.2, 0.25) is 10.0 Å². The molecular formula is C20H25N3O3S. The Labute approximate surface area is 160 Å². The van der Waals surface area contributed by atoms with Crippen LogP contribution in [0.15, 0.2) is 59.5 Å². The lowest BCUT2D eigenvalue weighted by molar-refractivity contribution is 0.200. The molecule has 2 amide bonds. The van der Waals surface area contributed by atoms with Gasteiger partial charge in [-0.25, -0.2) is 17.9 Å². The Kier molecular flexibility index (Phi) is 6.13. The van der Waals surface area contributed by atoms with Crippen LogP contribution in [0.4, 0.5) is 10.5 Å². The molecule has 0 bridgehead atoms. The van der Waals surface area contributed by atoms with Crippen molar-refractivity contribution in [2.45, 2.75) is 37.1 Å². The Morgan fingerprint density at radius 1 is 0.963 bits per heavy atom. The van der Waals surface area contributed by atoms with E-state index in [9.17, 15) is 13.2 Å². The first-order valence-corrected chi connectivity index (χ1v) is 10.7. The fourth-order valence-corrected chi connectivity index (χ4v) is 4.36. The zero-order valence-electron chi connectivity index (χ0n) is 15.4. The maximum Gasteiger partial charge on any atom is 0.321 e. The third kappa shape index (κ3) is 5.08. The summed E-state index contributed by atoms with van der Waals surface area (Å²) in [5.41, 5.74) is 1.48. The van der Waals surface area contributed by atoms with E-state index < -0.39 is 10.0 Å². The summed E-state index contributed by atoms with van der Waals surface area (Å²) in [5.74, 6) is 0. The van der Waals surface area contributed by atoms with Gasteiger partial charge in [-0.3, -0.25) is 0 Å². The summed E-state index contributed by atoms with van der Waals surface area (Å²) < 4.78 is 27.9. The van der Waals surface area contributed by atoms with E-state index in [0.29, 0.717) is 5.69 Å². The molecule has 1 aliphatic heterocycles. The standard InChI is InChI=1S/C20H25N3O3S/c1-16(17-8-4-2-5-9-17)22-27(25,26)19-12-10-18(11-13-19)21-20(24)23-14-6-3-7-15-23/h2,4-5,8-13,16,22H,3,6-7,14-15H2,1H3,(H,21,24). The normalized spacial score (nSPS) is 16.0. The molecule has 3 rings (SSSR count). The maximum atomic E-state index is 12.6. The third-order valence-corrected chi connectivity index (χ3v) is 6.25. The monoisotopic (exact) mass is 387 g/mol. The lowest BCUT2D eigenvalue weighted by atomic mass is 10.1. The molecule has 0 aromatic heterocycles. The fourth-order valence-electron chi connectivity index (χ4n) is 3.13. The van der Waals surface area contributed by atoms with Gasteiger partial charge in [0.05, 0.1) is 4.90 Å². The van der Waals surface area contributed by atoms with Crippen LogP contribution in [-0.4, -0.2) is 32.4 Å². The summed E-state index contributed by atoms with van der Waals surface area (Å²) in [6.07, 6.45) is 3.20. The molecule has 1 aliphatic rings. The van der Waals surface area contributed by atoms with Crippen LogP contribution in [0.2, 0.25) is 0 Å². The molecule has 2 aromatic rings. The van der Waals surface area contributed by atoms with Crippen molar-refractivity contribution >= 4 is 21.7 Å². The van der Waals surface area contributed by atoms with Crippen molar-refractivity contribution in [3.05, 3.63) is 60.2 Å². The van der Waals surface area contributed by atoms with Crippen molar-refractivity contribution in [3.8, 4) is 0 Å². The van der Waals surface area contributed by atoms with Gasteiger partial charge in [0, 0.05) is 24.8 Å². The molecule has 144 valence electrons. The summed E-state index contributed by atoms with van der Waals surface area (Å²) in [7, 11) is -3.65. The van der Waals surface area contributed by atoms with Gasteiger partial charge in [-0.05, 0) is 56.0 Å². The minimum atomic E-state index is -3.65. The van der Waals surface area contributed by atoms with Crippen molar-refractivity contribution in [2.24, 2.45) is 0 Å². The Balaban J connectivity index is 1.64. The molecule has 1 heterocycles. The summed E-state index contributed by atoms with van der Waals surface area (Å²) in [5, 5.41) is 2.83. The van der Waals surface area contributed by atoms with Crippen molar-refractivity contribution in [2.75, 3.05) is 18.4 Å². The molecule has 0 radical (unpaired) electrons. The molecular weight excluding hydrogens is 362 g/mol. The number of rotatable bonds is 5. The van der Waals surface area contributed by atoms with Crippen molar-refractivity contribution in [1.82, 2.24) is 9.62 Å². The zero-order valence-corrected chi connectivity index (χ0v) is 16.2. The van der Waals surface area contributed by atoms with Crippen LogP contribution in [0, 0.1) is 0 Å². The number of hydrogen-bond donors (Lipinski definition) is 2. The van der Waals surface area contributed by atoms with Crippen molar-refractivity contribution < 1.29 is 13.2 Å². The van der Waals surface area contributed by atoms with Gasteiger partial charge in [0.25, 0.3) is 0 Å². The number of urea groups is 1. The van der Waals surface area contributed by atoms with Gasteiger partial charge in [-0.15, -0.1) is 0 Å². The highest BCUT2D eigenvalue weighted by Gasteiger charge is 2.19. The second kappa shape index (κ2) is 8.54. The first-order valence-electron chi connectivity index (χ1n) is 9.19. The number of nitrogens with one attached hydrogen (secondary N) is 2. The third-order valence-electron chi connectivity index (χ3n) is 4.69. The van der Waals surface area contributed by atoms with Crippen molar-refractivity contribution in [3.63, 3.8) is 0 Å². The van der Waals surface area contributed by atoms with Crippen LogP contribution in [0.25, 0.3) is 0 Å². The van der Waals surface area contributed by atoms with Gasteiger partial charge in [-0.1, -0.05) is 30.3 Å². The van der Waals surface area contributed by atoms with Crippen LogP contribution in [0.1, 0.15) is 37.8 Å². The highest BCUT2D eigenvalue weighted by atomic mass is 32.2. The van der Waals surface area contributed by atoms with Gasteiger partial charge in [0.1, 0.15) is 0 Å². The first-order chi connectivity index (χ1) is 13.0. The Bertz CT molecular complexity index is 861. The van der Waals surface area contributed by atoms with Gasteiger partial charge in [0.15, 0.2) is 0 Å². The van der Waals surface area contributed by atoms with Gasteiger partial charge >= 0.3 is 6.03 Å². The lowest BCUT2D eigenvalue weighted by Gasteiger charge is -2.26. The second-order valence-corrected chi connectivity index (χ2v) is 8.47. The lowest BCUT2D eigenvalue weighted by Crippen LogP contribution is -2.38. The van der Waals surface area contributed by atoms with E-state index in [-0.39, 0.29) is 17.0 Å². The van der Waals surface area contributed by atoms with Crippen LogP contribution in [0.3, 0.4) is 0 Å². The molecule has 1 unspecified atom stereocenters. The Morgan fingerprint density at radius 2 is 1.59 bits per heavy atom. The highest BCUT2D eigenvalue weighted by Crippen LogP contribution is 2.19. The van der Waals surface area contributed by atoms with Gasteiger partial charge < -0.3 is 10.2 Å². The summed E-state index contributed by atoms with van der Waals surface area (Å²) in [4.78, 5) is 14.2. The van der Waals surface area contributed by atoms with E-state index in [0.717, 1.165) is 37.9 Å². The minimum Gasteiger partial charge on any atom is -0.325 e. The number of carbonyl (C=O) groups excluding carboxylic acids is 1. The molecule has 7 heteroatoms. The maximum absolute atomic E-state index is 12.6. The van der Waals surface area contributed by atoms with E-state index >= 15 is 0 Å². The molecule has 0 saturated carbocycles. The average Bonchev–Trinajstić information content (AvgIpc) is 2.69. The number of likely N-dealkylation sites (tertiary alicyclic amines) is 1. The fraction of sp³-hybridized carbons (Fsp3) is 0.350. The molecule has 0 spiro atoms. The Morgan fingerprint density at radius 3 is 2.22 bits per heavy atom. The minimum absolute atomic E-state index is 0.138. The first kappa shape index (κ1) is 19.4. The SMILES string of the molecule is CC(NS(=O)(=O)c1ccc(NC(=O)N2CCCCC2)cc1)c1ccccc1. The number of hydrogen-bond acceptors (Lipinski definition) is 3. The Hall–Kier alpha value is -2.38. The van der Waals surface area contributed by atoms with E-state index in [1.807, 2.05) is 30.3 Å². The number of benzene rings is 2. The van der Waals surface area contributed by atoms with Crippen LogP contribution < -0.4 is 10.0 Å². The topological polar surface area (TPSA) is 78.5 Å². The molecule has 0 aliphatic carbocycles. The predicted octanol–water partition coefficient (Wildman–Crippen LogP) is 3.74. The summed E-state index contributed by atoms with van der Waals surface area (Å²) >= 11 is 0. The summed E-state index contributed by atoms with van der Waals surface area (Å²) in [6.45, 7) is 3.33. The molecule has 1 atom stereocenters. The van der Waals surface area contributed by atoms with Crippen LogP contribution in [0.5, 0.6) is 0 Å². The van der Waals surface area contributed by atoms with E-state index in [2.05, 4.69) is 10.0 Å². The number of amides is 2. The molecule has 27 heavy (non-hydrogen) atoms. The van der Waals surface area contributed by atoms with Crippen LogP contribution >= 0.6 is 0 Å². The number of piperidine rings is 1. The molecule has 1 fully saturated rings. The molecule has 2 N–H and O–H groups in total. The quantitative estimate of drug-likeness (QED) is 0.820. The largest absolute Gasteiger partial charge is 0.325 e. The van der Waals surface area contributed by atoms with E-state index in [1.54, 1.807) is 24.0 Å². The number of anilines is 1. The highest BCUT2D eigenvalue weighted by molar-refractivity contribution is 7.89. The summed E-state index contributed by atoms with van der Waals surface area (Å²) in [6, 6.07) is 15.2. The van der Waals surface area contributed by atoms with E-state index in [4.69, 9.17) is 0 Å². The van der Waals surface area contributed by atoms with Gasteiger partial charge in [-0.2, -0.15) is 0 Å². The molecule has 6 nitrogen and oxygen atoms in total. The average molecular weight is 388 g/mol. The number of carbonyl (C=O) groups is 1. The predicted molar refractivity (Wildman–Crippen MR) is 106 cm³/mol. The number of sulfonamides is 1. The second-order valence-electron chi connectivity index (χ2n) is 6.76. The number of nitrogens with zero attached hydrogens (tertiary/aromatic N) is 1. The zero-order chi connectivity index (χ0) is 19.3. The molecule has 1 saturated heterocycles. The van der Waals surface area contributed by atoms with Crippen LogP contribution in [-0.2, 0) is 10.0 Å². The smallest absolute Gasteiger partial charge is 0.321 e. The van der Waals surface area contributed by atoms with E-state index in [1.165, 1.54) is 12.1 Å². The van der Waals surface area contributed by atoms with Crippen molar-refractivity contribution in [1.29, 1.82) is 0 Å². The molecule has 2 aromatic carbocycles.